The number of unbranched alkanes of at least 4 members (excludes halogenated alkanes) is 1. The number of hydrogen-bond donors (Lipinski definition) is 6. The molecule has 8 rings (SSSR count). The van der Waals surface area contributed by atoms with Gasteiger partial charge in [0, 0.05) is 80.5 Å². The lowest BCUT2D eigenvalue weighted by atomic mass is 9.95. The number of nitrogens with one attached hydrogen (secondary N) is 5. The number of carbonyl (C=O) groups excluding carboxylic acids is 6. The minimum atomic E-state index is -4.59. The van der Waals surface area contributed by atoms with Gasteiger partial charge in [-0.15, -0.1) is 0 Å². The van der Waals surface area contributed by atoms with Gasteiger partial charge in [0.2, 0.25) is 17.7 Å². The maximum Gasteiger partial charge on any atom is 0.416 e. The molecule has 0 spiro atoms. The molecule has 20 nitrogen and oxygen atoms in total. The monoisotopic (exact) mass is 1010 g/mol. The highest BCUT2D eigenvalue weighted by molar-refractivity contribution is 6.06. The van der Waals surface area contributed by atoms with Gasteiger partial charge in [0.1, 0.15) is 23.0 Å². The van der Waals surface area contributed by atoms with Gasteiger partial charge >= 0.3 is 12.2 Å². The summed E-state index contributed by atoms with van der Waals surface area (Å²) in [6.45, 7) is 2.19. The number of rotatable bonds is 20. The van der Waals surface area contributed by atoms with E-state index in [-0.39, 0.29) is 98.1 Å². The highest BCUT2D eigenvalue weighted by Crippen LogP contribution is 2.33. The summed E-state index contributed by atoms with van der Waals surface area (Å²) < 4.78 is 45.2. The second kappa shape index (κ2) is 23.5. The van der Waals surface area contributed by atoms with Gasteiger partial charge in [-0.2, -0.15) is 18.3 Å². The molecule has 1 aromatic carbocycles. The molecule has 5 aromatic rings. The lowest BCUT2D eigenvalue weighted by molar-refractivity contribution is -0.137. The fourth-order valence-corrected chi connectivity index (χ4v) is 8.87. The zero-order valence-corrected chi connectivity index (χ0v) is 39.9. The number of amides is 7. The number of H-pyrrole nitrogens is 1. The molecule has 0 bridgehead atoms. The van der Waals surface area contributed by atoms with Crippen LogP contribution in [-0.2, 0) is 25.3 Å². The number of fused-ring (bicyclic) bond motifs is 1. The van der Waals surface area contributed by atoms with Crippen LogP contribution in [0.25, 0.3) is 28.2 Å². The molecule has 384 valence electrons. The van der Waals surface area contributed by atoms with E-state index in [0.29, 0.717) is 78.1 Å². The molecule has 1 aliphatic carbocycles. The van der Waals surface area contributed by atoms with Crippen molar-refractivity contribution in [2.24, 2.45) is 0 Å². The van der Waals surface area contributed by atoms with E-state index in [1.165, 1.54) is 18.3 Å². The highest BCUT2D eigenvalue weighted by atomic mass is 19.4. The van der Waals surface area contributed by atoms with Crippen molar-refractivity contribution in [2.75, 3.05) is 68.4 Å². The third kappa shape index (κ3) is 13.3. The van der Waals surface area contributed by atoms with Crippen LogP contribution < -0.4 is 31.9 Å². The first-order chi connectivity index (χ1) is 35.2. The third-order valence-electron chi connectivity index (χ3n) is 12.9. The molecule has 3 aliphatic rings. The Labute approximate surface area is 417 Å². The molecule has 73 heavy (non-hydrogen) atoms. The number of halogens is 3. The molecule has 7 amide bonds. The van der Waals surface area contributed by atoms with Crippen molar-refractivity contribution in [3.63, 3.8) is 0 Å². The number of aromatic nitrogens is 5. The van der Waals surface area contributed by atoms with E-state index >= 15 is 0 Å². The van der Waals surface area contributed by atoms with Gasteiger partial charge in [-0.05, 0) is 62.1 Å². The van der Waals surface area contributed by atoms with Gasteiger partial charge < -0.3 is 41.1 Å². The number of nitrogens with two attached hydrogens (primary N) is 1. The molecule has 4 aromatic heterocycles. The van der Waals surface area contributed by atoms with Crippen molar-refractivity contribution < 1.29 is 46.7 Å². The number of alkyl halides is 3. The summed E-state index contributed by atoms with van der Waals surface area (Å²) in [4.78, 5) is 93.8. The van der Waals surface area contributed by atoms with E-state index in [1.54, 1.807) is 40.3 Å². The lowest BCUT2D eigenvalue weighted by Gasteiger charge is -2.46. The zero-order valence-electron chi connectivity index (χ0n) is 39.9. The molecular formula is C50H56F3N13O7. The van der Waals surface area contributed by atoms with Crippen molar-refractivity contribution >= 4 is 70.0 Å². The number of pyridine rings is 3. The standard InChI is InChI=1S/C50H56F3N13O7/c51-50(52,53)35-16-19-55-38(25-35)60-48(71)32-12-10-31(11-13-32)44-43-45(63-62-44)33(26-58-46(43)54)7-3-2-6-21-64(30-41(68)59-36-8-4-1-5-9-36)42(69)18-23-73-24-20-56-47(70)34-14-15-39(57-27-34)65-28-37(29-65)66-22-17-40(67)61-49(66)72/h3,7,10-16,19,25-27,36-37H,1-2,4-6,8-9,17-18,20-24,28-30H2,(H2,54,58)(H,56,70)(H,59,68)(H,62,63)(H,55,60,71)(H,61,67,72)/b7-3+. The molecule has 1 saturated carbocycles. The summed E-state index contributed by atoms with van der Waals surface area (Å²) in [6.07, 6.45) is 9.68. The van der Waals surface area contributed by atoms with E-state index in [1.807, 2.05) is 17.1 Å². The van der Waals surface area contributed by atoms with Gasteiger partial charge in [-0.1, -0.05) is 43.5 Å². The summed E-state index contributed by atoms with van der Waals surface area (Å²) in [6, 6.07) is 11.0. The maximum absolute atomic E-state index is 13.5. The molecule has 3 fully saturated rings. The predicted octanol–water partition coefficient (Wildman–Crippen LogP) is 5.31. The summed E-state index contributed by atoms with van der Waals surface area (Å²) in [7, 11) is 0. The predicted molar refractivity (Wildman–Crippen MR) is 264 cm³/mol. The minimum absolute atomic E-state index is 0.0223. The molecule has 7 N–H and O–H groups in total. The van der Waals surface area contributed by atoms with E-state index in [0.717, 1.165) is 50.4 Å². The number of imide groups is 1. The summed E-state index contributed by atoms with van der Waals surface area (Å²) in [5.41, 5.74) is 8.32. The Morgan fingerprint density at radius 3 is 2.45 bits per heavy atom. The first kappa shape index (κ1) is 51.4. The fraction of sp³-hybridized carbons (Fsp3) is 0.400. The Morgan fingerprint density at radius 1 is 0.932 bits per heavy atom. The van der Waals surface area contributed by atoms with Crippen LogP contribution in [0.2, 0.25) is 0 Å². The third-order valence-corrected chi connectivity index (χ3v) is 12.9. The van der Waals surface area contributed by atoms with Gasteiger partial charge in [-0.25, -0.2) is 19.7 Å². The minimum Gasteiger partial charge on any atom is -0.383 e. The Kier molecular flexibility index (Phi) is 16.6. The zero-order chi connectivity index (χ0) is 51.5. The number of allylic oxidation sites excluding steroid dienone is 1. The van der Waals surface area contributed by atoms with Crippen molar-refractivity contribution in [2.45, 2.75) is 76.0 Å². The van der Waals surface area contributed by atoms with Crippen LogP contribution in [0, 0.1) is 0 Å². The highest BCUT2D eigenvalue weighted by Gasteiger charge is 2.38. The number of aromatic amines is 1. The Hall–Kier alpha value is -7.95. The Morgan fingerprint density at radius 2 is 1.71 bits per heavy atom. The summed E-state index contributed by atoms with van der Waals surface area (Å²) in [5, 5.41) is 18.7. The van der Waals surface area contributed by atoms with Crippen LogP contribution >= 0.6 is 0 Å². The van der Waals surface area contributed by atoms with Crippen LogP contribution in [0.15, 0.2) is 73.2 Å². The lowest BCUT2D eigenvalue weighted by Crippen LogP contribution is -2.65. The van der Waals surface area contributed by atoms with Crippen LogP contribution in [-0.4, -0.2) is 135 Å². The van der Waals surface area contributed by atoms with Crippen molar-refractivity contribution in [1.82, 2.24) is 50.9 Å². The average molecular weight is 1010 g/mol. The summed E-state index contributed by atoms with van der Waals surface area (Å²) >= 11 is 0. The van der Waals surface area contributed by atoms with E-state index in [2.05, 4.69) is 46.4 Å². The number of hydrogen-bond acceptors (Lipinski definition) is 13. The van der Waals surface area contributed by atoms with Gasteiger partial charge in [0.15, 0.2) is 0 Å². The van der Waals surface area contributed by atoms with E-state index < -0.39 is 17.6 Å². The second-order valence-electron chi connectivity index (χ2n) is 18.0. The quantitative estimate of drug-likeness (QED) is 0.0541. The Balaban J connectivity index is 0.795. The van der Waals surface area contributed by atoms with Crippen molar-refractivity contribution in [3.8, 4) is 11.3 Å². The molecular weight excluding hydrogens is 952 g/mol. The van der Waals surface area contributed by atoms with Gasteiger partial charge in [0.25, 0.3) is 11.8 Å². The largest absolute Gasteiger partial charge is 0.416 e. The molecule has 6 heterocycles. The number of carbonyl (C=O) groups is 6. The van der Waals surface area contributed by atoms with Gasteiger partial charge in [0.05, 0.1) is 54.4 Å². The number of ether oxygens (including phenoxy) is 1. The molecule has 23 heteroatoms. The van der Waals surface area contributed by atoms with Crippen LogP contribution in [0.1, 0.15) is 89.6 Å². The molecule has 0 unspecified atom stereocenters. The fourth-order valence-electron chi connectivity index (χ4n) is 8.87. The molecule has 0 atom stereocenters. The number of anilines is 3. The topological polar surface area (TPSA) is 263 Å². The maximum atomic E-state index is 13.5. The normalized spacial score (nSPS) is 15.5. The molecule has 2 saturated heterocycles. The smallest absolute Gasteiger partial charge is 0.383 e. The number of benzene rings is 1. The van der Waals surface area contributed by atoms with Crippen LogP contribution in [0.5, 0.6) is 0 Å². The second-order valence-corrected chi connectivity index (χ2v) is 18.0. The molecule has 2 aliphatic heterocycles. The number of nitrogens with zero attached hydrogens (tertiary/aromatic N) is 7. The average Bonchev–Trinajstić information content (AvgIpc) is 3.82. The number of nitrogen functional groups attached to an aromatic ring is 1. The van der Waals surface area contributed by atoms with Gasteiger partial charge in [-0.3, -0.25) is 34.4 Å². The molecule has 0 radical (unpaired) electrons. The Bertz CT molecular complexity index is 2830. The van der Waals surface area contributed by atoms with Crippen molar-refractivity contribution in [1.29, 1.82) is 0 Å². The van der Waals surface area contributed by atoms with Crippen LogP contribution in [0.4, 0.5) is 35.4 Å². The van der Waals surface area contributed by atoms with E-state index in [4.69, 9.17) is 10.5 Å². The van der Waals surface area contributed by atoms with Crippen LogP contribution in [0.3, 0.4) is 0 Å². The summed E-state index contributed by atoms with van der Waals surface area (Å²) in [5.74, 6) is -1.05. The SMILES string of the molecule is Nc1ncc(/C=C/CCCN(CC(=O)NC2CCCCC2)C(=O)CCOCCNC(=O)c2ccc(N3CC(N4CCC(=O)NC4=O)C3)nc2)c2n[nH]c(-c3ccc(C(=O)Nc4cc(C(F)(F)F)ccn4)cc3)c12. The first-order valence-electron chi connectivity index (χ1n) is 24.2. The van der Waals surface area contributed by atoms with Crippen molar-refractivity contribution in [3.05, 3.63) is 95.5 Å². The first-order valence-corrected chi connectivity index (χ1v) is 24.2. The number of urea groups is 1. The van der Waals surface area contributed by atoms with E-state index in [9.17, 15) is 41.9 Å².